The van der Waals surface area contributed by atoms with Gasteiger partial charge in [-0.3, -0.25) is 4.79 Å². The van der Waals surface area contributed by atoms with Crippen LogP contribution in [0.1, 0.15) is 5.69 Å². The summed E-state index contributed by atoms with van der Waals surface area (Å²) in [5.41, 5.74) is 5.66. The molecule has 0 unspecified atom stereocenters. The summed E-state index contributed by atoms with van der Waals surface area (Å²) < 4.78 is 0.320. The molecule has 0 radical (unpaired) electrons. The number of aldehydes is 1. The Balaban J connectivity index is 3.11. The standard InChI is InChI=1S/C6H6ClN3O2S/c1-12-10-3(2-11)4-5(7)13-6(8)9-4/h2H,1H3,(H2,8,9). The summed E-state index contributed by atoms with van der Waals surface area (Å²) in [4.78, 5) is 18.8. The van der Waals surface area contributed by atoms with Crippen molar-refractivity contribution in [1.82, 2.24) is 4.98 Å². The van der Waals surface area contributed by atoms with Gasteiger partial charge in [0.15, 0.2) is 17.1 Å². The molecule has 0 fully saturated rings. The zero-order valence-corrected chi connectivity index (χ0v) is 8.22. The first-order valence-corrected chi connectivity index (χ1v) is 4.37. The molecular weight excluding hydrogens is 214 g/mol. The van der Waals surface area contributed by atoms with Gasteiger partial charge in [-0.1, -0.05) is 28.1 Å². The molecule has 1 rings (SSSR count). The Morgan fingerprint density at radius 2 is 2.54 bits per heavy atom. The predicted octanol–water partition coefficient (Wildman–Crippen LogP) is 0.928. The third-order valence-electron chi connectivity index (χ3n) is 1.15. The Morgan fingerprint density at radius 1 is 1.85 bits per heavy atom. The second-order valence-corrected chi connectivity index (χ2v) is 3.58. The van der Waals surface area contributed by atoms with Crippen LogP contribution in [0.3, 0.4) is 0 Å². The SMILES string of the molecule is CON=C(C=O)c1nc(N)sc1Cl. The van der Waals surface area contributed by atoms with E-state index in [9.17, 15) is 4.79 Å². The van der Waals surface area contributed by atoms with Gasteiger partial charge in [0.1, 0.15) is 17.1 Å². The predicted molar refractivity (Wildman–Crippen MR) is 51.1 cm³/mol. The van der Waals surface area contributed by atoms with E-state index in [-0.39, 0.29) is 16.5 Å². The van der Waals surface area contributed by atoms with Gasteiger partial charge in [0.25, 0.3) is 0 Å². The molecule has 0 aliphatic heterocycles. The number of hydrogen-bond acceptors (Lipinski definition) is 6. The van der Waals surface area contributed by atoms with Crippen molar-refractivity contribution in [2.45, 2.75) is 0 Å². The molecule has 1 heterocycles. The van der Waals surface area contributed by atoms with Gasteiger partial charge in [0.05, 0.1) is 0 Å². The number of anilines is 1. The van der Waals surface area contributed by atoms with Gasteiger partial charge in [0.2, 0.25) is 0 Å². The molecule has 70 valence electrons. The number of oxime groups is 1. The number of nitrogen functional groups attached to an aromatic ring is 1. The van der Waals surface area contributed by atoms with Crippen molar-refractivity contribution in [3.63, 3.8) is 0 Å². The van der Waals surface area contributed by atoms with E-state index in [2.05, 4.69) is 15.0 Å². The molecule has 1 aromatic rings. The second-order valence-electron chi connectivity index (χ2n) is 1.95. The van der Waals surface area contributed by atoms with Gasteiger partial charge in [-0.05, 0) is 0 Å². The number of aromatic nitrogens is 1. The average molecular weight is 220 g/mol. The summed E-state index contributed by atoms with van der Waals surface area (Å²) in [6, 6.07) is 0. The number of carbonyl (C=O) groups is 1. The Hall–Kier alpha value is -1.14. The summed E-state index contributed by atoms with van der Waals surface area (Å²) in [6.07, 6.45) is 0.504. The van der Waals surface area contributed by atoms with Gasteiger partial charge in [-0.15, -0.1) is 0 Å². The van der Waals surface area contributed by atoms with Crippen molar-refractivity contribution in [1.29, 1.82) is 0 Å². The van der Waals surface area contributed by atoms with E-state index in [0.717, 1.165) is 11.3 Å². The van der Waals surface area contributed by atoms with Crippen LogP contribution in [0.5, 0.6) is 0 Å². The Morgan fingerprint density at radius 3 is 2.92 bits per heavy atom. The average Bonchev–Trinajstić information content (AvgIpc) is 2.41. The van der Waals surface area contributed by atoms with Crippen LogP contribution in [0.25, 0.3) is 0 Å². The molecule has 0 aromatic carbocycles. The normalized spacial score (nSPS) is 11.4. The van der Waals surface area contributed by atoms with E-state index in [1.165, 1.54) is 7.11 Å². The van der Waals surface area contributed by atoms with Crippen LogP contribution in [0, 0.1) is 0 Å². The first kappa shape index (κ1) is 9.94. The van der Waals surface area contributed by atoms with Gasteiger partial charge in [-0.25, -0.2) is 4.98 Å². The third-order valence-corrected chi connectivity index (χ3v) is 2.23. The minimum absolute atomic E-state index is 0.0282. The van der Waals surface area contributed by atoms with Crippen molar-refractivity contribution < 1.29 is 9.63 Å². The zero-order valence-electron chi connectivity index (χ0n) is 6.65. The Labute approximate surface area is 83.2 Å². The fourth-order valence-electron chi connectivity index (χ4n) is 0.694. The lowest BCUT2D eigenvalue weighted by Crippen LogP contribution is -2.04. The zero-order chi connectivity index (χ0) is 9.84. The number of rotatable bonds is 3. The van der Waals surface area contributed by atoms with Crippen molar-refractivity contribution in [3.8, 4) is 0 Å². The lowest BCUT2D eigenvalue weighted by Gasteiger charge is -1.92. The molecule has 2 N–H and O–H groups in total. The molecule has 0 aliphatic carbocycles. The highest BCUT2D eigenvalue weighted by Gasteiger charge is 2.13. The molecule has 0 bridgehead atoms. The Kier molecular flexibility index (Phi) is 3.21. The second kappa shape index (κ2) is 4.20. The smallest absolute Gasteiger partial charge is 0.182 e. The van der Waals surface area contributed by atoms with Gasteiger partial charge < -0.3 is 10.6 Å². The Bertz CT molecular complexity index is 350. The first-order valence-electron chi connectivity index (χ1n) is 3.17. The maximum Gasteiger partial charge on any atom is 0.182 e. The fourth-order valence-corrected chi connectivity index (χ4v) is 1.64. The van der Waals surface area contributed by atoms with E-state index in [4.69, 9.17) is 17.3 Å². The fraction of sp³-hybridized carbons (Fsp3) is 0.167. The summed E-state index contributed by atoms with van der Waals surface area (Å²) in [5, 5.41) is 3.72. The van der Waals surface area contributed by atoms with Crippen LogP contribution in [0.4, 0.5) is 5.13 Å². The van der Waals surface area contributed by atoms with Gasteiger partial charge >= 0.3 is 0 Å². The highest BCUT2D eigenvalue weighted by molar-refractivity contribution is 7.19. The number of carbonyl (C=O) groups excluding carboxylic acids is 1. The highest BCUT2D eigenvalue weighted by atomic mass is 35.5. The molecule has 0 saturated heterocycles. The van der Waals surface area contributed by atoms with Crippen LogP contribution >= 0.6 is 22.9 Å². The van der Waals surface area contributed by atoms with E-state index in [1.807, 2.05) is 0 Å². The summed E-state index contributed by atoms with van der Waals surface area (Å²) in [6.45, 7) is 0. The largest absolute Gasteiger partial charge is 0.398 e. The number of nitrogens with two attached hydrogens (primary N) is 1. The topological polar surface area (TPSA) is 77.6 Å². The van der Waals surface area contributed by atoms with E-state index >= 15 is 0 Å². The quantitative estimate of drug-likeness (QED) is 0.466. The number of nitrogens with zero attached hydrogens (tertiary/aromatic N) is 2. The van der Waals surface area contributed by atoms with Gasteiger partial charge in [-0.2, -0.15) is 0 Å². The summed E-state index contributed by atoms with van der Waals surface area (Å²) in [5.74, 6) is 0. The molecule has 13 heavy (non-hydrogen) atoms. The maximum atomic E-state index is 10.5. The molecule has 0 atom stereocenters. The molecule has 7 heteroatoms. The summed E-state index contributed by atoms with van der Waals surface area (Å²) in [7, 11) is 1.33. The van der Waals surface area contributed by atoms with Crippen LogP contribution in [0.15, 0.2) is 5.16 Å². The molecule has 0 saturated carbocycles. The third kappa shape index (κ3) is 2.16. The minimum atomic E-state index is 0.0282. The monoisotopic (exact) mass is 219 g/mol. The number of thiazole rings is 1. The van der Waals surface area contributed by atoms with Crippen LogP contribution in [0.2, 0.25) is 4.34 Å². The van der Waals surface area contributed by atoms with E-state index < -0.39 is 0 Å². The molecule has 1 aromatic heterocycles. The number of halogens is 1. The van der Waals surface area contributed by atoms with Crippen molar-refractivity contribution in [2.75, 3.05) is 12.8 Å². The minimum Gasteiger partial charge on any atom is -0.398 e. The van der Waals surface area contributed by atoms with Gasteiger partial charge in [0, 0.05) is 0 Å². The highest BCUT2D eigenvalue weighted by Crippen LogP contribution is 2.25. The van der Waals surface area contributed by atoms with Crippen molar-refractivity contribution in [2.24, 2.45) is 5.16 Å². The van der Waals surface area contributed by atoms with Crippen LogP contribution < -0.4 is 5.73 Å². The van der Waals surface area contributed by atoms with Crippen LogP contribution in [-0.2, 0) is 9.63 Å². The summed E-state index contributed by atoms with van der Waals surface area (Å²) >= 11 is 6.81. The van der Waals surface area contributed by atoms with E-state index in [0.29, 0.717) is 10.6 Å². The first-order chi connectivity index (χ1) is 6.19. The van der Waals surface area contributed by atoms with Crippen molar-refractivity contribution >= 4 is 40.1 Å². The molecule has 0 spiro atoms. The van der Waals surface area contributed by atoms with E-state index in [1.54, 1.807) is 0 Å². The molecule has 5 nitrogen and oxygen atoms in total. The van der Waals surface area contributed by atoms with Crippen LogP contribution in [-0.4, -0.2) is 24.1 Å². The maximum absolute atomic E-state index is 10.5. The molecule has 0 aliphatic rings. The lowest BCUT2D eigenvalue weighted by atomic mass is 10.3. The molecular formula is C6H6ClN3O2S. The number of hydrogen-bond donors (Lipinski definition) is 1. The lowest BCUT2D eigenvalue weighted by molar-refractivity contribution is -0.102. The molecule has 0 amide bonds. The van der Waals surface area contributed by atoms with Crippen molar-refractivity contribution in [3.05, 3.63) is 10.0 Å².